The lowest BCUT2D eigenvalue weighted by molar-refractivity contribution is 0.0383. The van der Waals surface area contributed by atoms with Gasteiger partial charge in [-0.2, -0.15) is 0 Å². The van der Waals surface area contributed by atoms with Crippen molar-refractivity contribution in [2.24, 2.45) is 0 Å². The van der Waals surface area contributed by atoms with Gasteiger partial charge in [-0.1, -0.05) is 30.3 Å². The van der Waals surface area contributed by atoms with E-state index in [1.54, 1.807) is 6.07 Å². The maximum absolute atomic E-state index is 12.3. The molecule has 1 aromatic heterocycles. The quantitative estimate of drug-likeness (QED) is 0.741. The van der Waals surface area contributed by atoms with Gasteiger partial charge in [0.15, 0.2) is 0 Å². The Bertz CT molecular complexity index is 689. The molecule has 0 atom stereocenters. The maximum atomic E-state index is 12.3. The molecule has 2 heterocycles. The predicted octanol–water partition coefficient (Wildman–Crippen LogP) is 1.19. The standard InChI is InChI=1S/C19H25N5O2/c25-19(21-8-9-24-10-12-26-13-11-24)17-14-18(23-15-22-17)20-7-6-16-4-2-1-3-5-16/h1-5,14-15H,6-13H2,(H,21,25)(H,20,22,23). The molecule has 1 aromatic carbocycles. The molecule has 7 heteroatoms. The molecule has 2 aromatic rings. The minimum atomic E-state index is -0.174. The lowest BCUT2D eigenvalue weighted by Gasteiger charge is -2.26. The van der Waals surface area contributed by atoms with Gasteiger partial charge < -0.3 is 15.4 Å². The van der Waals surface area contributed by atoms with Crippen LogP contribution in [0.2, 0.25) is 0 Å². The van der Waals surface area contributed by atoms with Crippen LogP contribution in [0, 0.1) is 0 Å². The molecule has 1 aliphatic heterocycles. The summed E-state index contributed by atoms with van der Waals surface area (Å²) in [5.41, 5.74) is 1.64. The fourth-order valence-corrected chi connectivity index (χ4v) is 2.80. The Balaban J connectivity index is 1.42. The van der Waals surface area contributed by atoms with Gasteiger partial charge in [-0.15, -0.1) is 0 Å². The highest BCUT2D eigenvalue weighted by Crippen LogP contribution is 2.05. The highest BCUT2D eigenvalue weighted by Gasteiger charge is 2.12. The van der Waals surface area contributed by atoms with Crippen LogP contribution in [0.15, 0.2) is 42.7 Å². The zero-order valence-electron chi connectivity index (χ0n) is 14.9. The van der Waals surface area contributed by atoms with E-state index in [-0.39, 0.29) is 5.91 Å². The normalized spacial score (nSPS) is 14.8. The van der Waals surface area contributed by atoms with E-state index in [4.69, 9.17) is 4.74 Å². The fraction of sp³-hybridized carbons (Fsp3) is 0.421. The predicted molar refractivity (Wildman–Crippen MR) is 100 cm³/mol. The van der Waals surface area contributed by atoms with E-state index in [9.17, 15) is 4.79 Å². The molecule has 0 bridgehead atoms. The highest BCUT2D eigenvalue weighted by atomic mass is 16.5. The summed E-state index contributed by atoms with van der Waals surface area (Å²) in [7, 11) is 0. The van der Waals surface area contributed by atoms with Crippen molar-refractivity contribution in [2.45, 2.75) is 6.42 Å². The van der Waals surface area contributed by atoms with Crippen LogP contribution >= 0.6 is 0 Å². The number of anilines is 1. The van der Waals surface area contributed by atoms with Crippen LogP contribution in [0.4, 0.5) is 5.82 Å². The topological polar surface area (TPSA) is 79.4 Å². The molecule has 2 N–H and O–H groups in total. The van der Waals surface area contributed by atoms with Gasteiger partial charge in [-0.05, 0) is 12.0 Å². The molecule has 0 saturated carbocycles. The third kappa shape index (κ3) is 5.79. The summed E-state index contributed by atoms with van der Waals surface area (Å²) in [6.07, 6.45) is 2.31. The van der Waals surface area contributed by atoms with E-state index >= 15 is 0 Å². The minimum absolute atomic E-state index is 0.174. The van der Waals surface area contributed by atoms with Gasteiger partial charge in [0.05, 0.1) is 13.2 Å². The second-order valence-corrected chi connectivity index (χ2v) is 6.16. The molecular weight excluding hydrogens is 330 g/mol. The second-order valence-electron chi connectivity index (χ2n) is 6.16. The van der Waals surface area contributed by atoms with Crippen molar-refractivity contribution in [3.05, 3.63) is 54.0 Å². The van der Waals surface area contributed by atoms with Crippen molar-refractivity contribution in [1.82, 2.24) is 20.2 Å². The van der Waals surface area contributed by atoms with Crippen LogP contribution in [0.1, 0.15) is 16.1 Å². The summed E-state index contributed by atoms with van der Waals surface area (Å²) in [4.78, 5) is 22.8. The van der Waals surface area contributed by atoms with Crippen molar-refractivity contribution < 1.29 is 9.53 Å². The summed E-state index contributed by atoms with van der Waals surface area (Å²) in [6, 6.07) is 11.9. The summed E-state index contributed by atoms with van der Waals surface area (Å²) in [5.74, 6) is 0.487. The third-order valence-electron chi connectivity index (χ3n) is 4.28. The first-order valence-corrected chi connectivity index (χ1v) is 8.99. The first-order chi connectivity index (χ1) is 12.8. The summed E-state index contributed by atoms with van der Waals surface area (Å²) >= 11 is 0. The van der Waals surface area contributed by atoms with Gasteiger partial charge in [0.25, 0.3) is 5.91 Å². The van der Waals surface area contributed by atoms with Crippen LogP contribution in [0.5, 0.6) is 0 Å². The summed E-state index contributed by atoms with van der Waals surface area (Å²) in [6.45, 7) is 5.52. The Kier molecular flexibility index (Phi) is 6.92. The van der Waals surface area contributed by atoms with E-state index in [0.717, 1.165) is 45.8 Å². The average Bonchev–Trinajstić information content (AvgIpc) is 2.70. The Labute approximate surface area is 153 Å². The van der Waals surface area contributed by atoms with Crippen molar-refractivity contribution >= 4 is 11.7 Å². The number of morpholine rings is 1. The summed E-state index contributed by atoms with van der Waals surface area (Å²) < 4.78 is 5.32. The second kappa shape index (κ2) is 9.84. The smallest absolute Gasteiger partial charge is 0.270 e. The van der Waals surface area contributed by atoms with E-state index in [1.807, 2.05) is 18.2 Å². The maximum Gasteiger partial charge on any atom is 0.270 e. The molecule has 1 saturated heterocycles. The van der Waals surface area contributed by atoms with Crippen molar-refractivity contribution in [3.8, 4) is 0 Å². The number of hydrogen-bond donors (Lipinski definition) is 2. The van der Waals surface area contributed by atoms with Gasteiger partial charge in [0.2, 0.25) is 0 Å². The monoisotopic (exact) mass is 355 g/mol. The lowest BCUT2D eigenvalue weighted by Crippen LogP contribution is -2.41. The number of nitrogens with zero attached hydrogens (tertiary/aromatic N) is 3. The minimum Gasteiger partial charge on any atom is -0.379 e. The highest BCUT2D eigenvalue weighted by molar-refractivity contribution is 5.92. The Morgan fingerprint density at radius 2 is 1.92 bits per heavy atom. The largest absolute Gasteiger partial charge is 0.379 e. The van der Waals surface area contributed by atoms with Crippen molar-refractivity contribution in [1.29, 1.82) is 0 Å². The van der Waals surface area contributed by atoms with Gasteiger partial charge in [-0.25, -0.2) is 9.97 Å². The van der Waals surface area contributed by atoms with Gasteiger partial charge in [0.1, 0.15) is 17.8 Å². The Morgan fingerprint density at radius 3 is 2.73 bits per heavy atom. The number of amides is 1. The molecule has 0 spiro atoms. The number of hydrogen-bond acceptors (Lipinski definition) is 6. The number of rotatable bonds is 8. The lowest BCUT2D eigenvalue weighted by atomic mass is 10.1. The molecule has 1 amide bonds. The van der Waals surface area contributed by atoms with E-state index in [0.29, 0.717) is 18.1 Å². The van der Waals surface area contributed by atoms with E-state index in [2.05, 4.69) is 37.6 Å². The van der Waals surface area contributed by atoms with Crippen molar-refractivity contribution in [3.63, 3.8) is 0 Å². The zero-order valence-corrected chi connectivity index (χ0v) is 14.9. The summed E-state index contributed by atoms with van der Waals surface area (Å²) in [5, 5.41) is 6.16. The first kappa shape index (κ1) is 18.3. The fourth-order valence-electron chi connectivity index (χ4n) is 2.80. The molecule has 1 fully saturated rings. The zero-order chi connectivity index (χ0) is 18.0. The molecule has 0 aliphatic carbocycles. The van der Waals surface area contributed by atoms with Crippen LogP contribution in [-0.2, 0) is 11.2 Å². The number of nitrogens with one attached hydrogen (secondary N) is 2. The van der Waals surface area contributed by atoms with Gasteiger partial charge in [-0.3, -0.25) is 9.69 Å². The Morgan fingerprint density at radius 1 is 1.12 bits per heavy atom. The van der Waals surface area contributed by atoms with E-state index in [1.165, 1.54) is 11.9 Å². The van der Waals surface area contributed by atoms with Crippen LogP contribution < -0.4 is 10.6 Å². The van der Waals surface area contributed by atoms with E-state index < -0.39 is 0 Å². The third-order valence-corrected chi connectivity index (χ3v) is 4.28. The number of aromatic nitrogens is 2. The number of benzene rings is 1. The molecule has 0 unspecified atom stereocenters. The molecule has 1 aliphatic rings. The molecule has 7 nitrogen and oxygen atoms in total. The van der Waals surface area contributed by atoms with Crippen LogP contribution in [0.25, 0.3) is 0 Å². The SMILES string of the molecule is O=C(NCCN1CCOCC1)c1cc(NCCc2ccccc2)ncn1. The number of ether oxygens (including phenoxy) is 1. The van der Waals surface area contributed by atoms with Gasteiger partial charge >= 0.3 is 0 Å². The molecular formula is C19H25N5O2. The van der Waals surface area contributed by atoms with Gasteiger partial charge in [0, 0.05) is 38.8 Å². The molecule has 26 heavy (non-hydrogen) atoms. The molecule has 3 rings (SSSR count). The van der Waals surface area contributed by atoms with Crippen LogP contribution in [0.3, 0.4) is 0 Å². The average molecular weight is 355 g/mol. The number of carbonyl (C=O) groups excluding carboxylic acids is 1. The Hall–Kier alpha value is -2.51. The number of carbonyl (C=O) groups is 1. The first-order valence-electron chi connectivity index (χ1n) is 8.99. The molecule has 0 radical (unpaired) electrons. The van der Waals surface area contributed by atoms with Crippen LogP contribution in [-0.4, -0.2) is 66.7 Å². The molecule has 138 valence electrons. The van der Waals surface area contributed by atoms with Crippen molar-refractivity contribution in [2.75, 3.05) is 51.3 Å².